The van der Waals surface area contributed by atoms with Crippen LogP contribution in [-0.2, 0) is 0 Å². The largest absolute Gasteiger partial charge is 0.309 e. The molecule has 2 aromatic heterocycles. The highest BCUT2D eigenvalue weighted by atomic mass is 79.9. The molecule has 2 heterocycles. The Morgan fingerprint density at radius 1 is 0.700 bits per heavy atom. The summed E-state index contributed by atoms with van der Waals surface area (Å²) in [4.78, 5) is 4.93. The molecule has 0 saturated carbocycles. The van der Waals surface area contributed by atoms with Gasteiger partial charge < -0.3 is 4.57 Å². The third kappa shape index (κ3) is 2.77. The van der Waals surface area contributed by atoms with Gasteiger partial charge in [-0.05, 0) is 80.4 Å². The van der Waals surface area contributed by atoms with Crippen LogP contribution in [0.4, 0.5) is 0 Å². The fourth-order valence-electron chi connectivity index (χ4n) is 4.03. The highest BCUT2D eigenvalue weighted by Gasteiger charge is 2.15. The molecule has 0 radical (unpaired) electrons. The van der Waals surface area contributed by atoms with E-state index in [1.54, 1.807) is 11.3 Å². The van der Waals surface area contributed by atoms with Crippen molar-refractivity contribution in [1.29, 1.82) is 0 Å². The molecular weight excluding hydrogens is 520 g/mol. The highest BCUT2D eigenvalue weighted by Crippen LogP contribution is 2.40. The first-order valence-corrected chi connectivity index (χ1v) is 11.9. The second kappa shape index (κ2) is 7.05. The predicted molar refractivity (Wildman–Crippen MR) is 135 cm³/mol. The van der Waals surface area contributed by atoms with E-state index in [4.69, 9.17) is 4.98 Å². The zero-order chi connectivity index (χ0) is 20.2. The number of rotatable bonds is 2. The third-order valence-corrected chi connectivity index (χ3v) is 8.08. The first-order chi connectivity index (χ1) is 14.7. The number of hydrogen-bond donors (Lipinski definition) is 0. The van der Waals surface area contributed by atoms with Gasteiger partial charge in [0.1, 0.15) is 5.01 Å². The number of fused-ring (bicyclic) bond motifs is 4. The van der Waals surface area contributed by atoms with E-state index in [2.05, 4.69) is 115 Å². The zero-order valence-corrected chi connectivity index (χ0v) is 19.6. The van der Waals surface area contributed by atoms with Crippen molar-refractivity contribution in [2.45, 2.75) is 0 Å². The Bertz CT molecular complexity index is 1530. The van der Waals surface area contributed by atoms with Gasteiger partial charge in [-0.15, -0.1) is 11.3 Å². The number of thiazole rings is 1. The van der Waals surface area contributed by atoms with E-state index >= 15 is 0 Å². The fraction of sp³-hybridized carbons (Fsp3) is 0. The number of para-hydroxylation sites is 2. The topological polar surface area (TPSA) is 17.8 Å². The van der Waals surface area contributed by atoms with E-state index in [0.29, 0.717) is 0 Å². The van der Waals surface area contributed by atoms with Gasteiger partial charge in [0.25, 0.3) is 0 Å². The lowest BCUT2D eigenvalue weighted by Gasteiger charge is -2.07. The summed E-state index contributed by atoms with van der Waals surface area (Å²) < 4.78 is 5.59. The molecule has 0 saturated heterocycles. The average molecular weight is 534 g/mol. The third-order valence-electron chi connectivity index (χ3n) is 5.38. The number of aromatic nitrogens is 2. The Morgan fingerprint density at radius 3 is 2.27 bits per heavy atom. The van der Waals surface area contributed by atoms with Crippen molar-refractivity contribution < 1.29 is 0 Å². The molecule has 0 unspecified atom stereocenters. The Morgan fingerprint density at radius 2 is 1.43 bits per heavy atom. The predicted octanol–water partition coefficient (Wildman–Crippen LogP) is 8.59. The summed E-state index contributed by atoms with van der Waals surface area (Å²) >= 11 is 9.02. The minimum Gasteiger partial charge on any atom is -0.309 e. The quantitative estimate of drug-likeness (QED) is 0.218. The number of hydrogen-bond acceptors (Lipinski definition) is 2. The van der Waals surface area contributed by atoms with Crippen LogP contribution in [0.3, 0.4) is 0 Å². The molecule has 30 heavy (non-hydrogen) atoms. The minimum atomic E-state index is 0.996. The molecule has 6 rings (SSSR count). The molecule has 0 aliphatic carbocycles. The number of benzene rings is 4. The zero-order valence-electron chi connectivity index (χ0n) is 15.6. The lowest BCUT2D eigenvalue weighted by Crippen LogP contribution is -1.92. The first-order valence-electron chi connectivity index (χ1n) is 9.54. The van der Waals surface area contributed by atoms with Gasteiger partial charge in [-0.2, -0.15) is 0 Å². The van der Waals surface area contributed by atoms with Crippen LogP contribution >= 0.6 is 43.2 Å². The standard InChI is InChI=1S/C25H14Br2N2S/c26-19-11-12-20(27)24-23(19)28-25(30-24)15-10-13-22-18(14-15)17-8-4-5-9-21(17)29(22)16-6-2-1-3-7-16/h1-14H. The number of halogens is 2. The molecule has 0 bridgehead atoms. The maximum absolute atomic E-state index is 4.93. The summed E-state index contributed by atoms with van der Waals surface area (Å²) in [5.74, 6) is 0. The molecule has 0 N–H and O–H groups in total. The van der Waals surface area contributed by atoms with Gasteiger partial charge in [0.2, 0.25) is 0 Å². The molecule has 0 spiro atoms. The van der Waals surface area contributed by atoms with E-state index in [0.717, 1.165) is 29.7 Å². The van der Waals surface area contributed by atoms with Crippen molar-refractivity contribution in [3.8, 4) is 16.3 Å². The van der Waals surface area contributed by atoms with Gasteiger partial charge in [0.15, 0.2) is 0 Å². The van der Waals surface area contributed by atoms with Crippen LogP contribution in [0.15, 0.2) is 93.9 Å². The van der Waals surface area contributed by atoms with Crippen molar-refractivity contribution in [2.75, 3.05) is 0 Å². The molecule has 144 valence electrons. The monoisotopic (exact) mass is 532 g/mol. The van der Waals surface area contributed by atoms with Crippen molar-refractivity contribution in [3.05, 3.63) is 93.9 Å². The summed E-state index contributed by atoms with van der Waals surface area (Å²) in [5, 5.41) is 3.52. The van der Waals surface area contributed by atoms with Gasteiger partial charge in [0, 0.05) is 31.0 Å². The van der Waals surface area contributed by atoms with Crippen molar-refractivity contribution in [3.63, 3.8) is 0 Å². The van der Waals surface area contributed by atoms with Crippen LogP contribution in [0.25, 0.3) is 48.3 Å². The summed E-state index contributed by atoms with van der Waals surface area (Å²) in [6.07, 6.45) is 0. The van der Waals surface area contributed by atoms with Gasteiger partial charge in [0.05, 0.1) is 21.3 Å². The van der Waals surface area contributed by atoms with Crippen molar-refractivity contribution in [1.82, 2.24) is 9.55 Å². The summed E-state index contributed by atoms with van der Waals surface area (Å²) in [7, 11) is 0. The smallest absolute Gasteiger partial charge is 0.124 e. The van der Waals surface area contributed by atoms with Crippen molar-refractivity contribution in [2.24, 2.45) is 0 Å². The van der Waals surface area contributed by atoms with E-state index in [9.17, 15) is 0 Å². The van der Waals surface area contributed by atoms with Crippen LogP contribution in [-0.4, -0.2) is 9.55 Å². The van der Waals surface area contributed by atoms with Gasteiger partial charge in [-0.3, -0.25) is 0 Å². The normalized spacial score (nSPS) is 11.7. The maximum Gasteiger partial charge on any atom is 0.124 e. The maximum atomic E-state index is 4.93. The van der Waals surface area contributed by atoms with E-state index in [-0.39, 0.29) is 0 Å². The summed E-state index contributed by atoms with van der Waals surface area (Å²) in [5.41, 5.74) is 5.72. The molecule has 2 nitrogen and oxygen atoms in total. The van der Waals surface area contributed by atoms with Crippen molar-refractivity contribution >= 4 is 75.2 Å². The van der Waals surface area contributed by atoms with E-state index in [1.807, 2.05) is 6.07 Å². The fourth-order valence-corrected chi connectivity index (χ4v) is 6.14. The van der Waals surface area contributed by atoms with Crippen LogP contribution < -0.4 is 0 Å². The second-order valence-electron chi connectivity index (χ2n) is 7.15. The minimum absolute atomic E-state index is 0.996. The average Bonchev–Trinajstić information content (AvgIpc) is 3.38. The molecule has 0 fully saturated rings. The molecule has 0 aliphatic heterocycles. The Balaban J connectivity index is 1.64. The van der Waals surface area contributed by atoms with Crippen LogP contribution in [0.5, 0.6) is 0 Å². The van der Waals surface area contributed by atoms with Gasteiger partial charge in [-0.25, -0.2) is 4.98 Å². The van der Waals surface area contributed by atoms with Crippen LogP contribution in [0.1, 0.15) is 0 Å². The molecule has 0 aliphatic rings. The molecule has 6 aromatic rings. The van der Waals surface area contributed by atoms with E-state index in [1.165, 1.54) is 27.5 Å². The van der Waals surface area contributed by atoms with Gasteiger partial charge >= 0.3 is 0 Å². The highest BCUT2D eigenvalue weighted by molar-refractivity contribution is 9.11. The summed E-state index contributed by atoms with van der Waals surface area (Å²) in [6, 6.07) is 29.9. The van der Waals surface area contributed by atoms with Crippen LogP contribution in [0.2, 0.25) is 0 Å². The molecule has 0 atom stereocenters. The number of nitrogens with zero attached hydrogens (tertiary/aromatic N) is 2. The molecular formula is C25H14Br2N2S. The Hall–Kier alpha value is -2.47. The summed E-state index contributed by atoms with van der Waals surface area (Å²) in [6.45, 7) is 0. The Kier molecular flexibility index (Phi) is 4.30. The van der Waals surface area contributed by atoms with Gasteiger partial charge in [-0.1, -0.05) is 36.4 Å². The second-order valence-corrected chi connectivity index (χ2v) is 9.85. The van der Waals surface area contributed by atoms with Crippen LogP contribution in [0, 0.1) is 0 Å². The SMILES string of the molecule is Brc1ccc(Br)c2sc(-c3ccc4c(c3)c3ccccc3n4-c3ccccc3)nc12. The lowest BCUT2D eigenvalue weighted by molar-refractivity contribution is 1.18. The first kappa shape index (κ1) is 18.3. The van der Waals surface area contributed by atoms with E-state index < -0.39 is 0 Å². The molecule has 5 heteroatoms. The lowest BCUT2D eigenvalue weighted by atomic mass is 10.1. The Labute approximate surface area is 194 Å². The molecule has 0 amide bonds. The molecule has 4 aromatic carbocycles.